The SMILES string of the molecule is O=c1cc(CN2CCc3ccccc32)occ1OCc1ccc(Cl)c(Cl)c1. The smallest absolute Gasteiger partial charge is 0.227 e. The molecule has 4 nitrogen and oxygen atoms in total. The lowest BCUT2D eigenvalue weighted by molar-refractivity contribution is 0.289. The number of halogens is 2. The third-order valence-electron chi connectivity index (χ3n) is 4.56. The first-order valence-corrected chi connectivity index (χ1v) is 9.37. The molecule has 1 aliphatic heterocycles. The molecule has 27 heavy (non-hydrogen) atoms. The van der Waals surface area contributed by atoms with Crippen molar-refractivity contribution in [1.29, 1.82) is 0 Å². The van der Waals surface area contributed by atoms with Gasteiger partial charge < -0.3 is 14.1 Å². The lowest BCUT2D eigenvalue weighted by atomic mass is 10.2. The van der Waals surface area contributed by atoms with Crippen LogP contribution in [0.1, 0.15) is 16.9 Å². The van der Waals surface area contributed by atoms with Gasteiger partial charge in [0.2, 0.25) is 11.2 Å². The fourth-order valence-corrected chi connectivity index (χ4v) is 3.50. The van der Waals surface area contributed by atoms with E-state index in [4.69, 9.17) is 32.4 Å². The number of para-hydroxylation sites is 1. The second kappa shape index (κ2) is 7.67. The van der Waals surface area contributed by atoms with Crippen LogP contribution in [0.25, 0.3) is 0 Å². The molecule has 0 atom stereocenters. The van der Waals surface area contributed by atoms with Crippen molar-refractivity contribution in [2.24, 2.45) is 0 Å². The van der Waals surface area contributed by atoms with Crippen LogP contribution in [0.3, 0.4) is 0 Å². The Morgan fingerprint density at radius 2 is 1.93 bits per heavy atom. The minimum absolute atomic E-state index is 0.173. The molecule has 1 aromatic heterocycles. The van der Waals surface area contributed by atoms with Gasteiger partial charge in [-0.05, 0) is 35.7 Å². The van der Waals surface area contributed by atoms with Crippen LogP contribution in [0.15, 0.2) is 64.0 Å². The highest BCUT2D eigenvalue weighted by Gasteiger charge is 2.19. The normalized spacial score (nSPS) is 12.9. The van der Waals surface area contributed by atoms with Crippen molar-refractivity contribution in [1.82, 2.24) is 0 Å². The van der Waals surface area contributed by atoms with Crippen LogP contribution in [0.5, 0.6) is 5.75 Å². The molecule has 138 valence electrons. The average molecular weight is 402 g/mol. The van der Waals surface area contributed by atoms with E-state index in [0.29, 0.717) is 22.4 Å². The van der Waals surface area contributed by atoms with Gasteiger partial charge in [-0.15, -0.1) is 0 Å². The number of anilines is 1. The van der Waals surface area contributed by atoms with Gasteiger partial charge in [0.15, 0.2) is 0 Å². The second-order valence-corrected chi connectivity index (χ2v) is 7.23. The molecule has 0 bridgehead atoms. The summed E-state index contributed by atoms with van der Waals surface area (Å²) in [5, 5.41) is 0.929. The summed E-state index contributed by atoms with van der Waals surface area (Å²) in [7, 11) is 0. The molecule has 6 heteroatoms. The lowest BCUT2D eigenvalue weighted by Gasteiger charge is -2.18. The summed E-state index contributed by atoms with van der Waals surface area (Å²) in [6.45, 7) is 1.68. The van der Waals surface area contributed by atoms with E-state index >= 15 is 0 Å². The van der Waals surface area contributed by atoms with Crippen molar-refractivity contribution in [3.8, 4) is 5.75 Å². The predicted octanol–water partition coefficient (Wildman–Crippen LogP) is 5.09. The van der Waals surface area contributed by atoms with Crippen molar-refractivity contribution in [2.45, 2.75) is 19.6 Å². The zero-order valence-corrected chi connectivity index (χ0v) is 16.0. The quantitative estimate of drug-likeness (QED) is 0.597. The molecule has 0 fully saturated rings. The Morgan fingerprint density at radius 3 is 2.74 bits per heavy atom. The fraction of sp³-hybridized carbons (Fsp3) is 0.190. The molecule has 0 aliphatic carbocycles. The summed E-state index contributed by atoms with van der Waals surface area (Å²) >= 11 is 11.9. The Bertz CT molecular complexity index is 1030. The maximum absolute atomic E-state index is 12.4. The number of hydrogen-bond acceptors (Lipinski definition) is 4. The minimum atomic E-state index is -0.205. The van der Waals surface area contributed by atoms with Crippen LogP contribution in [0, 0.1) is 0 Å². The minimum Gasteiger partial charge on any atom is -0.482 e. The Balaban J connectivity index is 1.43. The van der Waals surface area contributed by atoms with Gasteiger partial charge in [0, 0.05) is 18.3 Å². The molecular weight excluding hydrogens is 385 g/mol. The molecule has 0 saturated heterocycles. The molecule has 0 radical (unpaired) electrons. The van der Waals surface area contributed by atoms with Gasteiger partial charge in [-0.25, -0.2) is 0 Å². The number of nitrogens with zero attached hydrogens (tertiary/aromatic N) is 1. The number of ether oxygens (including phenoxy) is 1. The standard InChI is InChI=1S/C21H17Cl2NO3/c22-17-6-5-14(9-18(17)23)12-27-21-13-26-16(10-20(21)25)11-24-8-7-15-3-1-2-4-19(15)24/h1-6,9-10,13H,7-8,11-12H2. The maximum Gasteiger partial charge on any atom is 0.227 e. The number of rotatable bonds is 5. The summed E-state index contributed by atoms with van der Waals surface area (Å²) in [4.78, 5) is 14.6. The van der Waals surface area contributed by atoms with E-state index in [-0.39, 0.29) is 17.8 Å². The van der Waals surface area contributed by atoms with Crippen LogP contribution in [0.2, 0.25) is 10.0 Å². The van der Waals surface area contributed by atoms with Crippen LogP contribution in [0.4, 0.5) is 5.69 Å². The maximum atomic E-state index is 12.4. The van der Waals surface area contributed by atoms with E-state index in [0.717, 1.165) is 18.5 Å². The molecule has 2 heterocycles. The second-order valence-electron chi connectivity index (χ2n) is 6.41. The average Bonchev–Trinajstić information content (AvgIpc) is 3.07. The van der Waals surface area contributed by atoms with E-state index in [2.05, 4.69) is 17.0 Å². The molecule has 0 saturated carbocycles. The van der Waals surface area contributed by atoms with Gasteiger partial charge in [-0.3, -0.25) is 4.79 Å². The van der Waals surface area contributed by atoms with Gasteiger partial charge in [0.1, 0.15) is 18.6 Å². The van der Waals surface area contributed by atoms with E-state index in [1.807, 2.05) is 12.1 Å². The predicted molar refractivity (Wildman–Crippen MR) is 107 cm³/mol. The third-order valence-corrected chi connectivity index (χ3v) is 5.30. The topological polar surface area (TPSA) is 42.7 Å². The number of hydrogen-bond donors (Lipinski definition) is 0. The molecule has 4 rings (SSSR count). The van der Waals surface area contributed by atoms with Gasteiger partial charge in [-0.2, -0.15) is 0 Å². The molecular formula is C21H17Cl2NO3. The first-order valence-electron chi connectivity index (χ1n) is 8.61. The summed E-state index contributed by atoms with van der Waals surface area (Å²) in [5.41, 5.74) is 3.13. The first-order chi connectivity index (χ1) is 13.1. The highest BCUT2D eigenvalue weighted by molar-refractivity contribution is 6.42. The molecule has 3 aromatic rings. The Labute approximate surface area is 166 Å². The Morgan fingerprint density at radius 1 is 1.07 bits per heavy atom. The van der Waals surface area contributed by atoms with Crippen molar-refractivity contribution in [2.75, 3.05) is 11.4 Å². The summed E-state index contributed by atoms with van der Waals surface area (Å²) in [5.74, 6) is 0.783. The molecule has 1 aliphatic rings. The zero-order chi connectivity index (χ0) is 18.8. The lowest BCUT2D eigenvalue weighted by Crippen LogP contribution is -2.20. The van der Waals surface area contributed by atoms with Crippen LogP contribution in [-0.4, -0.2) is 6.54 Å². The van der Waals surface area contributed by atoms with Gasteiger partial charge in [0.25, 0.3) is 0 Å². The van der Waals surface area contributed by atoms with Crippen molar-refractivity contribution in [3.63, 3.8) is 0 Å². The van der Waals surface area contributed by atoms with E-state index < -0.39 is 0 Å². The van der Waals surface area contributed by atoms with E-state index in [1.54, 1.807) is 18.2 Å². The van der Waals surface area contributed by atoms with Crippen molar-refractivity contribution >= 4 is 28.9 Å². The summed E-state index contributed by atoms with van der Waals surface area (Å²) < 4.78 is 11.2. The summed E-state index contributed by atoms with van der Waals surface area (Å²) in [6, 6.07) is 15.0. The molecule has 0 unspecified atom stereocenters. The van der Waals surface area contributed by atoms with Crippen LogP contribution in [-0.2, 0) is 19.6 Å². The fourth-order valence-electron chi connectivity index (χ4n) is 3.18. The largest absolute Gasteiger partial charge is 0.482 e. The molecule has 0 N–H and O–H groups in total. The van der Waals surface area contributed by atoms with Gasteiger partial charge in [-0.1, -0.05) is 47.5 Å². The molecule has 0 spiro atoms. The van der Waals surface area contributed by atoms with Crippen LogP contribution >= 0.6 is 23.2 Å². The number of benzene rings is 2. The van der Waals surface area contributed by atoms with E-state index in [1.165, 1.54) is 23.6 Å². The Hall–Kier alpha value is -2.43. The molecule has 2 aromatic carbocycles. The molecule has 0 amide bonds. The van der Waals surface area contributed by atoms with E-state index in [9.17, 15) is 4.79 Å². The summed E-state index contributed by atoms with van der Waals surface area (Å²) in [6.07, 6.45) is 2.38. The third kappa shape index (κ3) is 3.97. The van der Waals surface area contributed by atoms with Crippen molar-refractivity contribution in [3.05, 3.63) is 91.9 Å². The first kappa shape index (κ1) is 18.0. The van der Waals surface area contributed by atoms with Crippen LogP contribution < -0.4 is 15.1 Å². The Kier molecular flexibility index (Phi) is 5.10. The van der Waals surface area contributed by atoms with Gasteiger partial charge >= 0.3 is 0 Å². The monoisotopic (exact) mass is 401 g/mol. The highest BCUT2D eigenvalue weighted by Crippen LogP contribution is 2.29. The highest BCUT2D eigenvalue weighted by atomic mass is 35.5. The van der Waals surface area contributed by atoms with Crippen molar-refractivity contribution < 1.29 is 9.15 Å². The number of fused-ring (bicyclic) bond motifs is 1. The van der Waals surface area contributed by atoms with Gasteiger partial charge in [0.05, 0.1) is 16.6 Å². The zero-order valence-electron chi connectivity index (χ0n) is 14.5.